The lowest BCUT2D eigenvalue weighted by molar-refractivity contribution is -0.148. The highest BCUT2D eigenvalue weighted by molar-refractivity contribution is 5.87. The van der Waals surface area contributed by atoms with Crippen molar-refractivity contribution in [3.05, 3.63) is 12.2 Å². The molecule has 0 aliphatic rings. The number of esters is 1. The fourth-order valence-corrected chi connectivity index (χ4v) is 0.466. The van der Waals surface area contributed by atoms with Gasteiger partial charge in [-0.3, -0.25) is 0 Å². The van der Waals surface area contributed by atoms with E-state index in [9.17, 15) is 4.79 Å². The number of ether oxygens (including phenoxy) is 1. The highest BCUT2D eigenvalue weighted by Gasteiger charge is 2.26. The van der Waals surface area contributed by atoms with Crippen molar-refractivity contribution >= 4 is 5.97 Å². The van der Waals surface area contributed by atoms with Gasteiger partial charge >= 0.3 is 5.97 Å². The maximum absolute atomic E-state index is 11.0. The average Bonchev–Trinajstić information content (AvgIpc) is 2.04. The molecule has 0 aromatic heterocycles. The molecule has 3 nitrogen and oxygen atoms in total. The normalized spacial score (nSPS) is 14.2. The third-order valence-electron chi connectivity index (χ3n) is 1.58. The Morgan fingerprint density at radius 2 is 2.25 bits per heavy atom. The highest BCUT2D eigenvalue weighted by Crippen LogP contribution is 2.15. The molecule has 0 amide bonds. The molecule has 0 rings (SSSR count). The lowest BCUT2D eigenvalue weighted by Gasteiger charge is -2.19. The lowest BCUT2D eigenvalue weighted by atomic mass is 10.1. The van der Waals surface area contributed by atoms with Crippen molar-refractivity contribution in [3.63, 3.8) is 0 Å². The van der Waals surface area contributed by atoms with E-state index in [0.29, 0.717) is 12.0 Å². The summed E-state index contributed by atoms with van der Waals surface area (Å²) < 4.78 is 4.90. The Bertz CT molecular complexity index is 239. The highest BCUT2D eigenvalue weighted by atomic mass is 16.6. The van der Waals surface area contributed by atoms with E-state index in [1.165, 1.54) is 0 Å². The summed E-state index contributed by atoms with van der Waals surface area (Å²) >= 11 is 0. The standard InChI is InChI=1S/C9H13NO2/c1-5-9(4,6-10)12-8(11)7(2)3/h2,5H2,1,3-4H3. The van der Waals surface area contributed by atoms with Crippen LogP contribution in [-0.2, 0) is 9.53 Å². The van der Waals surface area contributed by atoms with Gasteiger partial charge < -0.3 is 4.74 Å². The first-order valence-electron chi connectivity index (χ1n) is 3.75. The molecule has 0 spiro atoms. The van der Waals surface area contributed by atoms with Crippen molar-refractivity contribution < 1.29 is 9.53 Å². The molecular weight excluding hydrogens is 154 g/mol. The number of rotatable bonds is 3. The molecule has 0 aromatic rings. The summed E-state index contributed by atoms with van der Waals surface area (Å²) in [7, 11) is 0. The largest absolute Gasteiger partial charge is 0.441 e. The molecule has 0 radical (unpaired) electrons. The number of nitriles is 1. The summed E-state index contributed by atoms with van der Waals surface area (Å²) in [6.45, 7) is 8.34. The van der Waals surface area contributed by atoms with Gasteiger partial charge in [-0.2, -0.15) is 5.26 Å². The summed E-state index contributed by atoms with van der Waals surface area (Å²) in [4.78, 5) is 11.0. The number of carbonyl (C=O) groups is 1. The first-order chi connectivity index (χ1) is 5.45. The molecule has 0 aliphatic heterocycles. The van der Waals surface area contributed by atoms with E-state index in [4.69, 9.17) is 10.00 Å². The van der Waals surface area contributed by atoms with Gasteiger partial charge in [0.2, 0.25) is 0 Å². The topological polar surface area (TPSA) is 50.1 Å². The van der Waals surface area contributed by atoms with Crippen LogP contribution in [0.5, 0.6) is 0 Å². The predicted molar refractivity (Wildman–Crippen MR) is 45.2 cm³/mol. The van der Waals surface area contributed by atoms with Crippen molar-refractivity contribution in [2.75, 3.05) is 0 Å². The van der Waals surface area contributed by atoms with Crippen molar-refractivity contribution in [1.29, 1.82) is 5.26 Å². The molecule has 0 aromatic carbocycles. The van der Waals surface area contributed by atoms with Gasteiger partial charge in [-0.15, -0.1) is 0 Å². The van der Waals surface area contributed by atoms with Crippen LogP contribution in [0.25, 0.3) is 0 Å². The van der Waals surface area contributed by atoms with Gasteiger partial charge in [-0.1, -0.05) is 13.5 Å². The van der Waals surface area contributed by atoms with Gasteiger partial charge in [0.15, 0.2) is 5.60 Å². The zero-order chi connectivity index (χ0) is 9.78. The molecule has 3 heteroatoms. The van der Waals surface area contributed by atoms with E-state index in [-0.39, 0.29) is 0 Å². The zero-order valence-electron chi connectivity index (χ0n) is 7.68. The number of nitrogens with zero attached hydrogens (tertiary/aromatic N) is 1. The molecule has 1 atom stereocenters. The SMILES string of the molecule is C=C(C)C(=O)OC(C)(C#N)CC. The van der Waals surface area contributed by atoms with Gasteiger partial charge in [0.05, 0.1) is 0 Å². The van der Waals surface area contributed by atoms with Gasteiger partial charge in [-0.25, -0.2) is 4.79 Å². The van der Waals surface area contributed by atoms with Crippen molar-refractivity contribution in [1.82, 2.24) is 0 Å². The van der Waals surface area contributed by atoms with E-state index in [1.807, 2.05) is 6.07 Å². The van der Waals surface area contributed by atoms with Crippen LogP contribution < -0.4 is 0 Å². The third-order valence-corrected chi connectivity index (χ3v) is 1.58. The molecule has 0 bridgehead atoms. The first kappa shape index (κ1) is 10.7. The molecule has 1 unspecified atom stereocenters. The average molecular weight is 167 g/mol. The van der Waals surface area contributed by atoms with Crippen LogP contribution in [0, 0.1) is 11.3 Å². The molecule has 0 fully saturated rings. The quantitative estimate of drug-likeness (QED) is 0.475. The van der Waals surface area contributed by atoms with Crippen molar-refractivity contribution in [2.45, 2.75) is 32.8 Å². The predicted octanol–water partition coefficient (Wildman–Crippen LogP) is 1.80. The Balaban J connectivity index is 4.34. The molecule has 0 saturated carbocycles. The van der Waals surface area contributed by atoms with Crippen LogP contribution in [0.4, 0.5) is 0 Å². The third kappa shape index (κ3) is 2.75. The Morgan fingerprint density at radius 3 is 2.50 bits per heavy atom. The van der Waals surface area contributed by atoms with Crippen LogP contribution in [0.2, 0.25) is 0 Å². The van der Waals surface area contributed by atoms with Crippen LogP contribution in [-0.4, -0.2) is 11.6 Å². The maximum atomic E-state index is 11.0. The summed E-state index contributed by atoms with van der Waals surface area (Å²) in [6.07, 6.45) is 0.475. The van der Waals surface area contributed by atoms with Gasteiger partial charge in [0, 0.05) is 5.57 Å². The Morgan fingerprint density at radius 1 is 1.75 bits per heavy atom. The summed E-state index contributed by atoms with van der Waals surface area (Å²) in [5, 5.41) is 8.66. The number of carbonyl (C=O) groups excluding carboxylic acids is 1. The maximum Gasteiger partial charge on any atom is 0.334 e. The van der Waals surface area contributed by atoms with Crippen LogP contribution in [0.1, 0.15) is 27.2 Å². The lowest BCUT2D eigenvalue weighted by Crippen LogP contribution is -2.29. The second kappa shape index (κ2) is 3.91. The molecule has 0 saturated heterocycles. The van der Waals surface area contributed by atoms with Crippen LogP contribution in [0.15, 0.2) is 12.2 Å². The molecule has 0 N–H and O–H groups in total. The van der Waals surface area contributed by atoms with Gasteiger partial charge in [0.1, 0.15) is 6.07 Å². The minimum atomic E-state index is -1.02. The van der Waals surface area contributed by atoms with Crippen LogP contribution >= 0.6 is 0 Å². The van der Waals surface area contributed by atoms with Crippen molar-refractivity contribution in [2.24, 2.45) is 0 Å². The number of hydrogen-bond acceptors (Lipinski definition) is 3. The number of hydrogen-bond donors (Lipinski definition) is 0. The minimum absolute atomic E-state index is 0.310. The molecule has 12 heavy (non-hydrogen) atoms. The van der Waals surface area contributed by atoms with E-state index >= 15 is 0 Å². The minimum Gasteiger partial charge on any atom is -0.441 e. The van der Waals surface area contributed by atoms with E-state index in [0.717, 1.165) is 0 Å². The molecule has 0 heterocycles. The monoisotopic (exact) mass is 167 g/mol. The zero-order valence-corrected chi connectivity index (χ0v) is 7.68. The Kier molecular flexibility index (Phi) is 3.49. The summed E-state index contributed by atoms with van der Waals surface area (Å²) in [5.41, 5.74) is -0.708. The summed E-state index contributed by atoms with van der Waals surface area (Å²) in [5.74, 6) is -0.513. The van der Waals surface area contributed by atoms with Gasteiger partial charge in [0.25, 0.3) is 0 Å². The first-order valence-corrected chi connectivity index (χ1v) is 3.75. The Labute approximate surface area is 72.6 Å². The fourth-order valence-electron chi connectivity index (χ4n) is 0.466. The Hall–Kier alpha value is -1.30. The van der Waals surface area contributed by atoms with Crippen LogP contribution in [0.3, 0.4) is 0 Å². The molecule has 66 valence electrons. The fraction of sp³-hybridized carbons (Fsp3) is 0.556. The smallest absolute Gasteiger partial charge is 0.334 e. The second-order valence-corrected chi connectivity index (χ2v) is 2.87. The summed E-state index contributed by atoms with van der Waals surface area (Å²) in [6, 6.07) is 1.93. The van der Waals surface area contributed by atoms with E-state index in [1.54, 1.807) is 20.8 Å². The van der Waals surface area contributed by atoms with E-state index in [2.05, 4.69) is 6.58 Å². The second-order valence-electron chi connectivity index (χ2n) is 2.87. The molecular formula is C9H13NO2. The van der Waals surface area contributed by atoms with E-state index < -0.39 is 11.6 Å². The van der Waals surface area contributed by atoms with Gasteiger partial charge in [-0.05, 0) is 20.3 Å². The molecule has 0 aliphatic carbocycles. The van der Waals surface area contributed by atoms with Crippen molar-refractivity contribution in [3.8, 4) is 6.07 Å².